The van der Waals surface area contributed by atoms with Crippen molar-refractivity contribution >= 4 is 49.5 Å². The number of nitrogens with zero attached hydrogens (tertiary/aromatic N) is 2. The molecule has 29 heavy (non-hydrogen) atoms. The van der Waals surface area contributed by atoms with Crippen LogP contribution in [-0.2, 0) is 10.0 Å². The van der Waals surface area contributed by atoms with E-state index in [4.69, 9.17) is 12.2 Å². The minimum atomic E-state index is -3.52. The van der Waals surface area contributed by atoms with Gasteiger partial charge in [-0.05, 0) is 48.1 Å². The van der Waals surface area contributed by atoms with Crippen LogP contribution in [0, 0.1) is 0 Å². The van der Waals surface area contributed by atoms with E-state index in [1.807, 2.05) is 31.2 Å². The number of fused-ring (bicyclic) bond motifs is 1. The molecule has 8 heteroatoms. The standard InChI is InChI=1S/C21H22N4O2S2/c1-15(19-13-6-9-16-8-4-5-12-20(16)19)23-24-21(28)22-17-10-7-11-18(14-17)29(26,27)25(2)3/h4-14H,1-3H3,(H2,22,24,28). The van der Waals surface area contributed by atoms with E-state index in [0.717, 1.165) is 22.0 Å². The first kappa shape index (κ1) is 20.9. The highest BCUT2D eigenvalue weighted by Gasteiger charge is 2.17. The van der Waals surface area contributed by atoms with Gasteiger partial charge in [-0.25, -0.2) is 12.7 Å². The van der Waals surface area contributed by atoms with E-state index in [0.29, 0.717) is 5.69 Å². The van der Waals surface area contributed by atoms with Crippen LogP contribution in [0.3, 0.4) is 0 Å². The fraction of sp³-hybridized carbons (Fsp3) is 0.143. The van der Waals surface area contributed by atoms with Gasteiger partial charge in [0.1, 0.15) is 0 Å². The summed E-state index contributed by atoms with van der Waals surface area (Å²) in [7, 11) is -0.531. The van der Waals surface area contributed by atoms with E-state index in [9.17, 15) is 8.42 Å². The van der Waals surface area contributed by atoms with Crippen molar-refractivity contribution in [2.45, 2.75) is 11.8 Å². The summed E-state index contributed by atoms with van der Waals surface area (Å²) in [4.78, 5) is 0.186. The number of rotatable bonds is 5. The van der Waals surface area contributed by atoms with Gasteiger partial charge in [-0.15, -0.1) is 0 Å². The third kappa shape index (κ3) is 4.79. The second-order valence-electron chi connectivity index (χ2n) is 6.61. The highest BCUT2D eigenvalue weighted by atomic mass is 32.2. The highest BCUT2D eigenvalue weighted by molar-refractivity contribution is 7.89. The SMILES string of the molecule is CC(=NNC(=S)Nc1cccc(S(=O)(=O)N(C)C)c1)c1cccc2ccccc12. The predicted octanol–water partition coefficient (Wildman–Crippen LogP) is 3.80. The van der Waals surface area contributed by atoms with Gasteiger partial charge < -0.3 is 5.32 Å². The smallest absolute Gasteiger partial charge is 0.242 e. The zero-order valence-electron chi connectivity index (χ0n) is 16.4. The summed E-state index contributed by atoms with van der Waals surface area (Å²) in [5.41, 5.74) is 5.18. The van der Waals surface area contributed by atoms with Crippen molar-refractivity contribution in [2.24, 2.45) is 5.10 Å². The van der Waals surface area contributed by atoms with Gasteiger partial charge in [0.2, 0.25) is 10.0 Å². The summed E-state index contributed by atoms with van der Waals surface area (Å²) < 4.78 is 25.7. The zero-order chi connectivity index (χ0) is 21.0. The van der Waals surface area contributed by atoms with Crippen molar-refractivity contribution in [3.63, 3.8) is 0 Å². The van der Waals surface area contributed by atoms with E-state index >= 15 is 0 Å². The number of hydrogen-bond donors (Lipinski definition) is 2. The monoisotopic (exact) mass is 426 g/mol. The summed E-state index contributed by atoms with van der Waals surface area (Å²) in [5.74, 6) is 0. The Kier molecular flexibility index (Phi) is 6.26. The molecule has 0 radical (unpaired) electrons. The average Bonchev–Trinajstić information content (AvgIpc) is 2.71. The number of nitrogens with one attached hydrogen (secondary N) is 2. The van der Waals surface area contributed by atoms with Gasteiger partial charge in [-0.2, -0.15) is 5.10 Å². The van der Waals surface area contributed by atoms with Gasteiger partial charge in [0.25, 0.3) is 0 Å². The lowest BCUT2D eigenvalue weighted by atomic mass is 10.0. The molecule has 3 aromatic rings. The molecule has 0 heterocycles. The molecule has 2 N–H and O–H groups in total. The minimum Gasteiger partial charge on any atom is -0.331 e. The number of hydrogen-bond acceptors (Lipinski definition) is 4. The normalized spacial score (nSPS) is 12.2. The Bertz CT molecular complexity index is 1180. The molecule has 0 aliphatic carbocycles. The zero-order valence-corrected chi connectivity index (χ0v) is 18.0. The average molecular weight is 427 g/mol. The molecular formula is C21H22N4O2S2. The Hall–Kier alpha value is -2.81. The summed E-state index contributed by atoms with van der Waals surface area (Å²) in [5, 5.41) is 9.86. The molecule has 0 aliphatic rings. The Morgan fingerprint density at radius 2 is 1.69 bits per heavy atom. The van der Waals surface area contributed by atoms with Crippen LogP contribution in [0.2, 0.25) is 0 Å². The van der Waals surface area contributed by atoms with Crippen LogP contribution in [0.15, 0.2) is 76.7 Å². The highest BCUT2D eigenvalue weighted by Crippen LogP contribution is 2.20. The predicted molar refractivity (Wildman–Crippen MR) is 123 cm³/mol. The lowest BCUT2D eigenvalue weighted by molar-refractivity contribution is 0.521. The molecule has 0 atom stereocenters. The third-order valence-corrected chi connectivity index (χ3v) is 6.38. The van der Waals surface area contributed by atoms with Crippen LogP contribution < -0.4 is 10.7 Å². The van der Waals surface area contributed by atoms with Gasteiger partial charge in [0, 0.05) is 25.3 Å². The van der Waals surface area contributed by atoms with Crippen molar-refractivity contribution in [1.29, 1.82) is 0 Å². The molecule has 6 nitrogen and oxygen atoms in total. The molecular weight excluding hydrogens is 404 g/mol. The van der Waals surface area contributed by atoms with Gasteiger partial charge >= 0.3 is 0 Å². The van der Waals surface area contributed by atoms with Crippen molar-refractivity contribution in [3.05, 3.63) is 72.3 Å². The van der Waals surface area contributed by atoms with E-state index in [-0.39, 0.29) is 10.0 Å². The number of anilines is 1. The summed E-state index contributed by atoms with van der Waals surface area (Å²) in [6.07, 6.45) is 0. The topological polar surface area (TPSA) is 73.8 Å². The van der Waals surface area contributed by atoms with Crippen LogP contribution in [-0.4, -0.2) is 37.6 Å². The van der Waals surface area contributed by atoms with E-state index in [1.165, 1.54) is 24.5 Å². The number of hydrazone groups is 1. The molecule has 0 unspecified atom stereocenters. The molecule has 0 saturated heterocycles. The van der Waals surface area contributed by atoms with Gasteiger partial charge in [-0.1, -0.05) is 48.5 Å². The first-order valence-electron chi connectivity index (χ1n) is 8.91. The Labute approximate surface area is 176 Å². The minimum absolute atomic E-state index is 0.186. The Morgan fingerprint density at radius 1 is 1.00 bits per heavy atom. The van der Waals surface area contributed by atoms with Gasteiger partial charge in [0.05, 0.1) is 10.6 Å². The summed E-state index contributed by atoms with van der Waals surface area (Å²) >= 11 is 5.30. The summed E-state index contributed by atoms with van der Waals surface area (Å²) in [6, 6.07) is 20.6. The van der Waals surface area contributed by atoms with Crippen LogP contribution in [0.1, 0.15) is 12.5 Å². The fourth-order valence-electron chi connectivity index (χ4n) is 2.84. The van der Waals surface area contributed by atoms with Crippen LogP contribution in [0.25, 0.3) is 10.8 Å². The largest absolute Gasteiger partial charge is 0.331 e. The Balaban J connectivity index is 1.74. The van der Waals surface area contributed by atoms with E-state index < -0.39 is 10.0 Å². The maximum absolute atomic E-state index is 12.3. The maximum Gasteiger partial charge on any atom is 0.242 e. The van der Waals surface area contributed by atoms with Crippen molar-refractivity contribution in [3.8, 4) is 0 Å². The molecule has 3 rings (SSSR count). The summed E-state index contributed by atoms with van der Waals surface area (Å²) in [6.45, 7) is 1.90. The molecule has 0 fully saturated rings. The molecule has 0 bridgehead atoms. The molecule has 150 valence electrons. The van der Waals surface area contributed by atoms with E-state index in [2.05, 4.69) is 34.0 Å². The Morgan fingerprint density at radius 3 is 2.45 bits per heavy atom. The van der Waals surface area contributed by atoms with Crippen molar-refractivity contribution < 1.29 is 8.42 Å². The second kappa shape index (κ2) is 8.69. The molecule has 0 saturated carbocycles. The van der Waals surface area contributed by atoms with E-state index in [1.54, 1.807) is 18.2 Å². The lowest BCUT2D eigenvalue weighted by Gasteiger charge is -2.13. The third-order valence-electron chi connectivity index (χ3n) is 4.38. The quantitative estimate of drug-likeness (QED) is 0.369. The van der Waals surface area contributed by atoms with Gasteiger partial charge in [0.15, 0.2) is 5.11 Å². The van der Waals surface area contributed by atoms with Crippen molar-refractivity contribution in [1.82, 2.24) is 9.73 Å². The molecule has 0 amide bonds. The molecule has 0 aromatic heterocycles. The molecule has 3 aromatic carbocycles. The first-order valence-corrected chi connectivity index (χ1v) is 10.8. The van der Waals surface area contributed by atoms with Crippen LogP contribution in [0.4, 0.5) is 5.69 Å². The molecule has 0 spiro atoms. The van der Waals surface area contributed by atoms with Crippen LogP contribution >= 0.6 is 12.2 Å². The second-order valence-corrected chi connectivity index (χ2v) is 9.17. The first-order chi connectivity index (χ1) is 13.8. The number of thiocarbonyl (C=S) groups is 1. The lowest BCUT2D eigenvalue weighted by Crippen LogP contribution is -2.25. The number of benzene rings is 3. The molecule has 0 aliphatic heterocycles. The fourth-order valence-corrected chi connectivity index (χ4v) is 3.95. The van der Waals surface area contributed by atoms with Crippen molar-refractivity contribution in [2.75, 3.05) is 19.4 Å². The maximum atomic E-state index is 12.3. The van der Waals surface area contributed by atoms with Crippen LogP contribution in [0.5, 0.6) is 0 Å². The number of sulfonamides is 1. The van der Waals surface area contributed by atoms with Gasteiger partial charge in [-0.3, -0.25) is 5.43 Å².